The zero-order chi connectivity index (χ0) is 39.8. The molecule has 3 heterocycles. The summed E-state index contributed by atoms with van der Waals surface area (Å²) >= 11 is 0. The van der Waals surface area contributed by atoms with E-state index in [2.05, 4.69) is 106 Å². The van der Waals surface area contributed by atoms with Crippen LogP contribution in [0, 0.1) is 45.3 Å². The van der Waals surface area contributed by atoms with Crippen molar-refractivity contribution < 1.29 is 0 Å². The number of hydrogen-bond acceptors (Lipinski definition) is 4. The van der Waals surface area contributed by atoms with Gasteiger partial charge in [0.1, 0.15) is 18.2 Å². The van der Waals surface area contributed by atoms with E-state index in [9.17, 15) is 21.0 Å². The minimum atomic E-state index is 0.229. The first-order valence-electron chi connectivity index (χ1n) is 19.4. The molecule has 0 bridgehead atoms. The number of rotatable bonds is 4. The lowest BCUT2D eigenvalue weighted by Gasteiger charge is -2.19. The molecule has 59 heavy (non-hydrogen) atoms. The van der Waals surface area contributed by atoms with Crippen molar-refractivity contribution in [3.8, 4) is 52.5 Å². The lowest BCUT2D eigenvalue weighted by Crippen LogP contribution is -2.07. The fourth-order valence-electron chi connectivity index (χ4n) is 9.49. The Hall–Kier alpha value is -8.62. The lowest BCUT2D eigenvalue weighted by molar-refractivity contribution is 0.966. The Morgan fingerprint density at radius 2 is 1.17 bits per heavy atom. The highest BCUT2D eigenvalue weighted by atomic mass is 15.0. The molecule has 1 aliphatic rings. The zero-order valence-corrected chi connectivity index (χ0v) is 31.5. The standard InChI is InChI=1S/C52H29N7/c53-28-32-26-41(42(30-55)49(27-32)58-45-19-9-4-14-36(45)37-15-5-10-20-46(37)58)35-23-22-33(29-54)51(43(35)31-56)59-47-21-11-7-17-40(47)50-48(59)25-24-39-38-16-6-8-18-44(38)57(52(39)50)34-12-2-1-3-13-34/h1-4,6-14,16-27H,5,15H2. The molecule has 7 nitrogen and oxygen atoms in total. The van der Waals surface area contributed by atoms with Crippen LogP contribution in [0.25, 0.3) is 88.8 Å². The summed E-state index contributed by atoms with van der Waals surface area (Å²) in [6.07, 6.45) is 6.01. The van der Waals surface area contributed by atoms with Crippen LogP contribution in [0.1, 0.15) is 39.9 Å². The monoisotopic (exact) mass is 751 g/mol. The van der Waals surface area contributed by atoms with Crippen molar-refractivity contribution in [1.82, 2.24) is 13.7 Å². The Morgan fingerprint density at radius 1 is 0.492 bits per heavy atom. The van der Waals surface area contributed by atoms with Crippen molar-refractivity contribution in [2.75, 3.05) is 0 Å². The molecule has 0 unspecified atom stereocenters. The SMILES string of the molecule is N#Cc1cc(-c2ccc(C#N)c(-n3c4ccccc4c4c3ccc3c5ccccc5n(-c5ccccc5)c34)c2C#N)c(C#N)c(-n2c3c(c4ccccc42)CCC=C3)c1. The first-order chi connectivity index (χ1) is 29.1. The van der Waals surface area contributed by atoms with E-state index >= 15 is 0 Å². The van der Waals surface area contributed by atoms with Crippen molar-refractivity contribution in [1.29, 1.82) is 21.0 Å². The number of nitrogens with zero attached hydrogens (tertiary/aromatic N) is 7. The Bertz CT molecular complexity index is 3660. The molecule has 0 fully saturated rings. The van der Waals surface area contributed by atoms with Gasteiger partial charge in [0, 0.05) is 49.4 Å². The van der Waals surface area contributed by atoms with E-state index in [1.165, 1.54) is 5.56 Å². The summed E-state index contributed by atoms with van der Waals surface area (Å²) in [7, 11) is 0. The number of aryl methyl sites for hydroxylation is 1. The van der Waals surface area contributed by atoms with Crippen molar-refractivity contribution in [3.05, 3.63) is 179 Å². The Labute approximate surface area is 338 Å². The van der Waals surface area contributed by atoms with Crippen LogP contribution in [0.4, 0.5) is 0 Å². The lowest BCUT2D eigenvalue weighted by atomic mass is 9.90. The minimum Gasteiger partial charge on any atom is -0.309 e. The average Bonchev–Trinajstić information content (AvgIpc) is 3.94. The fourth-order valence-corrected chi connectivity index (χ4v) is 9.49. The Balaban J connectivity index is 1.25. The van der Waals surface area contributed by atoms with Crippen LogP contribution in [-0.4, -0.2) is 13.7 Å². The molecule has 0 N–H and O–H groups in total. The molecule has 7 heteroatoms. The summed E-state index contributed by atoms with van der Waals surface area (Å²) in [5.74, 6) is 0. The number of hydrogen-bond donors (Lipinski definition) is 0. The molecule has 0 saturated heterocycles. The zero-order valence-electron chi connectivity index (χ0n) is 31.5. The van der Waals surface area contributed by atoms with Gasteiger partial charge in [-0.15, -0.1) is 0 Å². The maximum atomic E-state index is 11.3. The molecule has 0 radical (unpaired) electrons. The van der Waals surface area contributed by atoms with Gasteiger partial charge in [-0.25, -0.2) is 0 Å². The third kappa shape index (κ3) is 4.71. The van der Waals surface area contributed by atoms with Gasteiger partial charge in [0.2, 0.25) is 0 Å². The second kappa shape index (κ2) is 13.0. The molecule has 0 spiro atoms. The number of nitriles is 4. The van der Waals surface area contributed by atoms with Gasteiger partial charge >= 0.3 is 0 Å². The van der Waals surface area contributed by atoms with E-state index in [4.69, 9.17) is 0 Å². The van der Waals surface area contributed by atoms with Gasteiger partial charge in [-0.1, -0.05) is 91.0 Å². The molecule has 0 amide bonds. The van der Waals surface area contributed by atoms with Crippen LogP contribution >= 0.6 is 0 Å². The van der Waals surface area contributed by atoms with E-state index in [1.54, 1.807) is 24.3 Å². The van der Waals surface area contributed by atoms with Crippen molar-refractivity contribution in [2.45, 2.75) is 12.8 Å². The van der Waals surface area contributed by atoms with E-state index in [0.29, 0.717) is 39.2 Å². The summed E-state index contributed by atoms with van der Waals surface area (Å²) in [5, 5.41) is 48.9. The van der Waals surface area contributed by atoms with E-state index < -0.39 is 0 Å². The van der Waals surface area contributed by atoms with Crippen molar-refractivity contribution in [2.24, 2.45) is 0 Å². The maximum absolute atomic E-state index is 11.3. The quantitative estimate of drug-likeness (QED) is 0.178. The molecule has 7 aromatic carbocycles. The van der Waals surface area contributed by atoms with Crippen LogP contribution in [-0.2, 0) is 6.42 Å². The second-order valence-corrected chi connectivity index (χ2v) is 14.8. The topological polar surface area (TPSA) is 110 Å². The smallest absolute Gasteiger partial charge is 0.102 e. The largest absolute Gasteiger partial charge is 0.309 e. The number of fused-ring (bicyclic) bond motifs is 10. The van der Waals surface area contributed by atoms with E-state index in [0.717, 1.165) is 78.7 Å². The number of aromatic nitrogens is 3. The van der Waals surface area contributed by atoms with Crippen molar-refractivity contribution in [3.63, 3.8) is 0 Å². The van der Waals surface area contributed by atoms with Gasteiger partial charge < -0.3 is 13.7 Å². The minimum absolute atomic E-state index is 0.229. The summed E-state index contributed by atoms with van der Waals surface area (Å²) in [4.78, 5) is 0. The van der Waals surface area contributed by atoms with Gasteiger partial charge in [-0.3, -0.25) is 0 Å². The van der Waals surface area contributed by atoms with Gasteiger partial charge in [0.05, 0.1) is 67.3 Å². The highest BCUT2D eigenvalue weighted by Crippen LogP contribution is 2.45. The molecule has 0 atom stereocenters. The summed E-state index contributed by atoms with van der Waals surface area (Å²) < 4.78 is 6.40. The van der Waals surface area contributed by atoms with Crippen LogP contribution in [0.15, 0.2) is 146 Å². The summed E-state index contributed by atoms with van der Waals surface area (Å²) in [6, 6.07) is 55.8. The molecule has 11 rings (SSSR count). The predicted octanol–water partition coefficient (Wildman–Crippen LogP) is 11.9. The molecule has 10 aromatic rings. The Kier molecular flexibility index (Phi) is 7.41. The summed E-state index contributed by atoms with van der Waals surface area (Å²) in [5.41, 5.74) is 11.0. The molecule has 1 aliphatic carbocycles. The first kappa shape index (κ1) is 33.7. The predicted molar refractivity (Wildman–Crippen MR) is 234 cm³/mol. The van der Waals surface area contributed by atoms with Gasteiger partial charge in [-0.2, -0.15) is 21.0 Å². The molecule has 0 saturated carbocycles. The average molecular weight is 752 g/mol. The highest BCUT2D eigenvalue weighted by Gasteiger charge is 2.27. The fraction of sp³-hybridized carbons (Fsp3) is 0.0385. The molecule has 3 aromatic heterocycles. The second-order valence-electron chi connectivity index (χ2n) is 14.8. The number of allylic oxidation sites excluding steroid dienone is 1. The first-order valence-corrected chi connectivity index (χ1v) is 19.4. The third-order valence-corrected chi connectivity index (χ3v) is 11.9. The van der Waals surface area contributed by atoms with Gasteiger partial charge in [0.15, 0.2) is 0 Å². The van der Waals surface area contributed by atoms with E-state index in [1.807, 2.05) is 59.2 Å². The summed E-state index contributed by atoms with van der Waals surface area (Å²) in [6.45, 7) is 0. The number of para-hydroxylation sites is 4. The molecular weight excluding hydrogens is 723 g/mol. The van der Waals surface area contributed by atoms with Crippen molar-refractivity contribution >= 4 is 60.6 Å². The normalized spacial score (nSPS) is 12.1. The van der Waals surface area contributed by atoms with Crippen LogP contribution in [0.5, 0.6) is 0 Å². The van der Waals surface area contributed by atoms with Gasteiger partial charge in [0.25, 0.3) is 0 Å². The highest BCUT2D eigenvalue weighted by molar-refractivity contribution is 6.26. The molecule has 272 valence electrons. The number of benzene rings is 7. The molecule has 0 aliphatic heterocycles. The van der Waals surface area contributed by atoms with Crippen LogP contribution in [0.3, 0.4) is 0 Å². The van der Waals surface area contributed by atoms with Gasteiger partial charge in [-0.05, 0) is 79.1 Å². The van der Waals surface area contributed by atoms with Crippen LogP contribution < -0.4 is 0 Å². The van der Waals surface area contributed by atoms with E-state index in [-0.39, 0.29) is 5.56 Å². The maximum Gasteiger partial charge on any atom is 0.102 e. The Morgan fingerprint density at radius 3 is 1.90 bits per heavy atom. The van der Waals surface area contributed by atoms with Crippen LogP contribution in [0.2, 0.25) is 0 Å². The third-order valence-electron chi connectivity index (χ3n) is 11.9. The molecular formula is C52H29N7.